The lowest BCUT2D eigenvalue weighted by Gasteiger charge is -2.19. The Labute approximate surface area is 212 Å². The number of H-pyrrole nitrogens is 1. The normalized spacial score (nSPS) is 14.4. The van der Waals surface area contributed by atoms with Crippen LogP contribution in [0.2, 0.25) is 0 Å². The molecule has 0 spiro atoms. The Balaban J connectivity index is 1.29. The summed E-state index contributed by atoms with van der Waals surface area (Å²) in [5, 5.41) is 12.8. The first-order chi connectivity index (χ1) is 18.0. The summed E-state index contributed by atoms with van der Waals surface area (Å²) in [6.07, 6.45) is -8.37. The summed E-state index contributed by atoms with van der Waals surface area (Å²) in [6, 6.07) is 12.5. The van der Waals surface area contributed by atoms with Crippen LogP contribution in [0, 0.1) is 0 Å². The van der Waals surface area contributed by atoms with Gasteiger partial charge in [0, 0.05) is 11.6 Å². The fourth-order valence-corrected chi connectivity index (χ4v) is 4.07. The van der Waals surface area contributed by atoms with Crippen LogP contribution in [0.4, 0.5) is 32.3 Å². The van der Waals surface area contributed by atoms with E-state index in [0.717, 1.165) is 11.6 Å². The molecule has 4 aromatic rings. The van der Waals surface area contributed by atoms with Gasteiger partial charge >= 0.3 is 12.4 Å². The number of benzene rings is 2. The fraction of sp³-hybridized carbons (Fsp3) is 0.240. The van der Waals surface area contributed by atoms with E-state index in [1.54, 1.807) is 11.2 Å². The van der Waals surface area contributed by atoms with Crippen LogP contribution in [0.15, 0.2) is 64.2 Å². The van der Waals surface area contributed by atoms with Gasteiger partial charge < -0.3 is 14.8 Å². The van der Waals surface area contributed by atoms with E-state index in [1.165, 1.54) is 6.07 Å². The lowest BCUT2D eigenvalue weighted by molar-refractivity contribution is -0.142. The number of nitrogens with zero attached hydrogens (tertiary/aromatic N) is 4. The monoisotopic (exact) mass is 534 g/mol. The van der Waals surface area contributed by atoms with Crippen molar-refractivity contribution in [2.75, 3.05) is 5.32 Å². The molecule has 2 N–H and O–H groups in total. The SMILES string of the molecule is CC(Nc1nc2c([nH]1)C=NN(Cc1cc(-c3ccc(C(F)(F)F)cc3C(F)(F)F)no1)C2)c1ccccc1. The number of fused-ring (bicyclic) bond motifs is 1. The maximum absolute atomic E-state index is 13.5. The highest BCUT2D eigenvalue weighted by atomic mass is 19.4. The van der Waals surface area contributed by atoms with Crippen LogP contribution in [0.3, 0.4) is 0 Å². The van der Waals surface area contributed by atoms with Crippen molar-refractivity contribution in [2.45, 2.75) is 38.4 Å². The molecule has 1 aliphatic rings. The van der Waals surface area contributed by atoms with Gasteiger partial charge in [-0.3, -0.25) is 5.01 Å². The first-order valence-electron chi connectivity index (χ1n) is 11.4. The van der Waals surface area contributed by atoms with Crippen molar-refractivity contribution < 1.29 is 30.9 Å². The molecular weight excluding hydrogens is 514 g/mol. The van der Waals surface area contributed by atoms with Crippen molar-refractivity contribution in [2.24, 2.45) is 5.10 Å². The van der Waals surface area contributed by atoms with Crippen molar-refractivity contribution in [3.63, 3.8) is 0 Å². The molecule has 1 atom stereocenters. The standard InChI is InChI=1S/C25H20F6N6O/c1-14(15-5-3-2-4-6-15)33-23-34-21-11-32-37(13-22(21)35-23)12-17-10-20(36-38-17)18-8-7-16(24(26,27)28)9-19(18)25(29,30)31/h2-11,14H,12-13H2,1H3,(H2,33,34,35). The number of nitrogens with one attached hydrogen (secondary N) is 2. The van der Waals surface area contributed by atoms with E-state index < -0.39 is 29.0 Å². The third-order valence-electron chi connectivity index (χ3n) is 5.97. The van der Waals surface area contributed by atoms with Gasteiger partial charge in [0.2, 0.25) is 5.95 Å². The number of halogens is 6. The van der Waals surface area contributed by atoms with Gasteiger partial charge in [0.25, 0.3) is 0 Å². The molecule has 0 saturated heterocycles. The number of hydrogen-bond donors (Lipinski definition) is 2. The zero-order chi connectivity index (χ0) is 27.1. The van der Waals surface area contributed by atoms with Crippen LogP contribution in [-0.2, 0) is 25.4 Å². The minimum atomic E-state index is -5.02. The average Bonchev–Trinajstić information content (AvgIpc) is 3.49. The van der Waals surface area contributed by atoms with Gasteiger partial charge in [-0.2, -0.15) is 31.4 Å². The van der Waals surface area contributed by atoms with E-state index in [2.05, 4.69) is 25.5 Å². The molecule has 0 aliphatic carbocycles. The number of aromatic nitrogens is 3. The fourth-order valence-electron chi connectivity index (χ4n) is 4.07. The van der Waals surface area contributed by atoms with Crippen LogP contribution in [0.5, 0.6) is 0 Å². The molecule has 13 heteroatoms. The third kappa shape index (κ3) is 5.36. The average molecular weight is 534 g/mol. The van der Waals surface area contributed by atoms with E-state index in [0.29, 0.717) is 23.4 Å². The summed E-state index contributed by atoms with van der Waals surface area (Å²) in [7, 11) is 0. The second-order valence-corrected chi connectivity index (χ2v) is 8.72. The number of rotatable bonds is 6. The van der Waals surface area contributed by atoms with E-state index in [9.17, 15) is 26.3 Å². The topological polar surface area (TPSA) is 82.3 Å². The predicted molar refractivity (Wildman–Crippen MR) is 126 cm³/mol. The molecule has 1 unspecified atom stereocenters. The Bertz CT molecular complexity index is 1460. The summed E-state index contributed by atoms with van der Waals surface area (Å²) >= 11 is 0. The zero-order valence-corrected chi connectivity index (χ0v) is 19.7. The minimum absolute atomic E-state index is 0.00348. The minimum Gasteiger partial charge on any atom is -0.359 e. The lowest BCUT2D eigenvalue weighted by atomic mass is 10.0. The van der Waals surface area contributed by atoms with Crippen LogP contribution in [0.25, 0.3) is 11.3 Å². The Morgan fingerprint density at radius 1 is 1.03 bits per heavy atom. The molecular formula is C25H20F6N6O. The van der Waals surface area contributed by atoms with Crippen LogP contribution < -0.4 is 5.32 Å². The summed E-state index contributed by atoms with van der Waals surface area (Å²) in [4.78, 5) is 7.72. The van der Waals surface area contributed by atoms with Crippen LogP contribution in [0.1, 0.15) is 46.8 Å². The number of hydrogen-bond acceptors (Lipinski definition) is 6. The van der Waals surface area contributed by atoms with Gasteiger partial charge in [-0.15, -0.1) is 0 Å². The Morgan fingerprint density at radius 3 is 2.50 bits per heavy atom. The predicted octanol–water partition coefficient (Wildman–Crippen LogP) is 6.63. The van der Waals surface area contributed by atoms with Crippen molar-refractivity contribution in [1.29, 1.82) is 0 Å². The van der Waals surface area contributed by atoms with Gasteiger partial charge in [0.1, 0.15) is 5.69 Å². The zero-order valence-electron chi connectivity index (χ0n) is 19.7. The van der Waals surface area contributed by atoms with E-state index in [4.69, 9.17) is 4.52 Å². The van der Waals surface area contributed by atoms with E-state index in [-0.39, 0.29) is 36.7 Å². The van der Waals surface area contributed by atoms with Gasteiger partial charge in [-0.05, 0) is 24.6 Å². The maximum atomic E-state index is 13.5. The number of aromatic amines is 1. The molecule has 1 aliphatic heterocycles. The van der Waals surface area contributed by atoms with Crippen LogP contribution in [-0.4, -0.2) is 26.3 Å². The van der Waals surface area contributed by atoms with Gasteiger partial charge in [0.05, 0.1) is 47.9 Å². The Hall–Kier alpha value is -4.29. The number of imidazole rings is 1. The summed E-state index contributed by atoms with van der Waals surface area (Å²) in [5.74, 6) is 0.740. The molecule has 0 amide bonds. The molecule has 0 radical (unpaired) electrons. The number of hydrazone groups is 1. The molecule has 0 bridgehead atoms. The van der Waals surface area contributed by atoms with Crippen LogP contribution >= 0.6 is 0 Å². The van der Waals surface area contributed by atoms with Crippen molar-refractivity contribution in [3.8, 4) is 11.3 Å². The first-order valence-corrected chi connectivity index (χ1v) is 11.4. The lowest BCUT2D eigenvalue weighted by Crippen LogP contribution is -2.21. The first kappa shape index (κ1) is 25.4. The third-order valence-corrected chi connectivity index (χ3v) is 5.97. The second kappa shape index (κ2) is 9.54. The van der Waals surface area contributed by atoms with E-state index in [1.807, 2.05) is 37.3 Å². The number of anilines is 1. The molecule has 0 fully saturated rings. The van der Waals surface area contributed by atoms with Gasteiger partial charge in [-0.1, -0.05) is 41.6 Å². The highest BCUT2D eigenvalue weighted by Gasteiger charge is 2.39. The Kier molecular flexibility index (Phi) is 6.37. The molecule has 2 aromatic heterocycles. The highest BCUT2D eigenvalue weighted by molar-refractivity contribution is 5.80. The molecule has 3 heterocycles. The molecule has 7 nitrogen and oxygen atoms in total. The van der Waals surface area contributed by atoms with Crippen molar-refractivity contribution in [1.82, 2.24) is 20.1 Å². The summed E-state index contributed by atoms with van der Waals surface area (Å²) in [6.45, 7) is 2.34. The quantitative estimate of drug-likeness (QED) is 0.272. The van der Waals surface area contributed by atoms with E-state index >= 15 is 0 Å². The summed E-state index contributed by atoms with van der Waals surface area (Å²) in [5.41, 5.74) is -1.10. The largest absolute Gasteiger partial charge is 0.417 e. The van der Waals surface area contributed by atoms with Crippen molar-refractivity contribution in [3.05, 3.63) is 88.4 Å². The summed E-state index contributed by atoms with van der Waals surface area (Å²) < 4.78 is 84.7. The molecule has 198 valence electrons. The van der Waals surface area contributed by atoms with Gasteiger partial charge in [-0.25, -0.2) is 4.98 Å². The number of alkyl halides is 6. The Morgan fingerprint density at radius 2 is 1.79 bits per heavy atom. The van der Waals surface area contributed by atoms with Gasteiger partial charge in [0.15, 0.2) is 5.76 Å². The van der Waals surface area contributed by atoms with Crippen molar-refractivity contribution >= 4 is 12.2 Å². The molecule has 0 saturated carbocycles. The molecule has 38 heavy (non-hydrogen) atoms. The highest BCUT2D eigenvalue weighted by Crippen LogP contribution is 2.40. The maximum Gasteiger partial charge on any atom is 0.417 e. The molecule has 5 rings (SSSR count). The second-order valence-electron chi connectivity index (χ2n) is 8.72. The smallest absolute Gasteiger partial charge is 0.359 e. The molecule has 2 aromatic carbocycles.